The summed E-state index contributed by atoms with van der Waals surface area (Å²) in [5.41, 5.74) is 0. The number of amides is 1. The van der Waals surface area contributed by atoms with Crippen LogP contribution in [0.4, 0.5) is 0 Å². The normalized spacial score (nSPS) is 24.6. The number of hydrogen-bond donors (Lipinski definition) is 1. The Kier molecular flexibility index (Phi) is 3.69. The highest BCUT2D eigenvalue weighted by atomic mass is 79.9. The summed E-state index contributed by atoms with van der Waals surface area (Å²) in [6.07, 6.45) is 3.55. The first-order chi connectivity index (χ1) is 7.65. The molecule has 88 valence electrons. The minimum atomic E-state index is -0.105. The second kappa shape index (κ2) is 5.04. The van der Waals surface area contributed by atoms with Crippen LogP contribution in [-0.4, -0.2) is 17.3 Å². The molecule has 3 nitrogen and oxygen atoms in total. The number of aryl methyl sites for hydroxylation is 1. The summed E-state index contributed by atoms with van der Waals surface area (Å²) < 4.78 is 5.26. The molecular weight excluding hydrogens is 270 g/mol. The number of alkyl halides is 1. The predicted molar refractivity (Wildman–Crippen MR) is 65.8 cm³/mol. The number of carbonyl (C=O) groups excluding carboxylic acids is 1. The summed E-state index contributed by atoms with van der Waals surface area (Å²) in [6.45, 7) is 2.59. The topological polar surface area (TPSA) is 42.2 Å². The van der Waals surface area contributed by atoms with Gasteiger partial charge in [0.2, 0.25) is 0 Å². The fraction of sp³-hybridized carbons (Fsp3) is 0.583. The molecule has 1 aromatic rings. The van der Waals surface area contributed by atoms with Gasteiger partial charge in [0.05, 0.1) is 0 Å². The molecule has 0 bridgehead atoms. The molecule has 1 aliphatic carbocycles. The molecule has 0 saturated heterocycles. The molecule has 1 amide bonds. The van der Waals surface area contributed by atoms with Crippen molar-refractivity contribution in [2.24, 2.45) is 5.92 Å². The Morgan fingerprint density at radius 1 is 1.56 bits per heavy atom. The molecule has 1 aliphatic rings. The van der Waals surface area contributed by atoms with Gasteiger partial charge in [0, 0.05) is 11.4 Å². The molecule has 16 heavy (non-hydrogen) atoms. The average Bonchev–Trinajstić information content (AvgIpc) is 2.84. The van der Waals surface area contributed by atoms with E-state index >= 15 is 0 Å². The molecule has 1 aromatic heterocycles. The van der Waals surface area contributed by atoms with Crippen molar-refractivity contribution in [3.8, 4) is 0 Å². The Labute approximate surface area is 104 Å². The molecule has 1 fully saturated rings. The van der Waals surface area contributed by atoms with Gasteiger partial charge in [-0.2, -0.15) is 0 Å². The monoisotopic (exact) mass is 285 g/mol. The van der Waals surface area contributed by atoms with Crippen LogP contribution < -0.4 is 5.32 Å². The highest BCUT2D eigenvalue weighted by Gasteiger charge is 2.23. The third kappa shape index (κ3) is 2.88. The zero-order valence-electron chi connectivity index (χ0n) is 9.33. The number of nitrogens with one attached hydrogen (secondary N) is 1. The first-order valence-electron chi connectivity index (χ1n) is 5.64. The van der Waals surface area contributed by atoms with Gasteiger partial charge in [0.15, 0.2) is 5.76 Å². The van der Waals surface area contributed by atoms with Crippen LogP contribution in [0.1, 0.15) is 35.6 Å². The van der Waals surface area contributed by atoms with Gasteiger partial charge in [-0.05, 0) is 44.2 Å². The number of rotatable bonds is 3. The SMILES string of the molecule is Cc1ccc(C(=O)NCC2CCC(Br)C2)o1. The van der Waals surface area contributed by atoms with Gasteiger partial charge in [0.25, 0.3) is 5.91 Å². The van der Waals surface area contributed by atoms with Gasteiger partial charge in [-0.1, -0.05) is 15.9 Å². The quantitative estimate of drug-likeness (QED) is 0.868. The lowest BCUT2D eigenvalue weighted by Crippen LogP contribution is -2.28. The van der Waals surface area contributed by atoms with Crippen LogP contribution in [0.25, 0.3) is 0 Å². The fourth-order valence-electron chi connectivity index (χ4n) is 2.08. The smallest absolute Gasteiger partial charge is 0.287 e. The van der Waals surface area contributed by atoms with Crippen molar-refractivity contribution >= 4 is 21.8 Å². The van der Waals surface area contributed by atoms with E-state index in [0.29, 0.717) is 16.5 Å². The van der Waals surface area contributed by atoms with Crippen molar-refractivity contribution in [3.63, 3.8) is 0 Å². The maximum absolute atomic E-state index is 11.7. The molecule has 2 atom stereocenters. The van der Waals surface area contributed by atoms with Crippen LogP contribution in [0.2, 0.25) is 0 Å². The van der Waals surface area contributed by atoms with E-state index in [9.17, 15) is 4.79 Å². The van der Waals surface area contributed by atoms with E-state index in [1.807, 2.05) is 6.92 Å². The van der Waals surface area contributed by atoms with Crippen molar-refractivity contribution in [3.05, 3.63) is 23.7 Å². The average molecular weight is 286 g/mol. The molecule has 0 spiro atoms. The third-order valence-electron chi connectivity index (χ3n) is 2.99. The van der Waals surface area contributed by atoms with Crippen molar-refractivity contribution in [2.45, 2.75) is 31.0 Å². The van der Waals surface area contributed by atoms with E-state index in [0.717, 1.165) is 18.7 Å². The van der Waals surface area contributed by atoms with Gasteiger partial charge >= 0.3 is 0 Å². The lowest BCUT2D eigenvalue weighted by Gasteiger charge is -2.09. The minimum absolute atomic E-state index is 0.105. The zero-order valence-corrected chi connectivity index (χ0v) is 10.9. The summed E-state index contributed by atoms with van der Waals surface area (Å²) in [6, 6.07) is 3.52. The Hall–Kier alpha value is -0.770. The molecule has 0 aromatic carbocycles. The van der Waals surface area contributed by atoms with E-state index in [-0.39, 0.29) is 5.91 Å². The lowest BCUT2D eigenvalue weighted by molar-refractivity contribution is 0.0918. The standard InChI is InChI=1S/C12H16BrNO2/c1-8-2-5-11(16-8)12(15)14-7-9-3-4-10(13)6-9/h2,5,9-10H,3-4,6-7H2,1H3,(H,14,15). The maximum Gasteiger partial charge on any atom is 0.287 e. The highest BCUT2D eigenvalue weighted by Crippen LogP contribution is 2.30. The van der Waals surface area contributed by atoms with Gasteiger partial charge in [-0.25, -0.2) is 0 Å². The van der Waals surface area contributed by atoms with Gasteiger partial charge < -0.3 is 9.73 Å². The predicted octanol–water partition coefficient (Wildman–Crippen LogP) is 2.88. The summed E-state index contributed by atoms with van der Waals surface area (Å²) in [5.74, 6) is 1.67. The number of carbonyl (C=O) groups is 1. The van der Waals surface area contributed by atoms with E-state index in [1.54, 1.807) is 12.1 Å². The largest absolute Gasteiger partial charge is 0.456 e. The van der Waals surface area contributed by atoms with Gasteiger partial charge in [-0.15, -0.1) is 0 Å². The summed E-state index contributed by atoms with van der Waals surface area (Å²) in [7, 11) is 0. The Morgan fingerprint density at radius 3 is 2.94 bits per heavy atom. The fourth-order valence-corrected chi connectivity index (χ4v) is 2.87. The minimum Gasteiger partial charge on any atom is -0.456 e. The second-order valence-electron chi connectivity index (χ2n) is 4.40. The highest BCUT2D eigenvalue weighted by molar-refractivity contribution is 9.09. The van der Waals surface area contributed by atoms with Crippen molar-refractivity contribution in [1.82, 2.24) is 5.32 Å². The van der Waals surface area contributed by atoms with Crippen molar-refractivity contribution in [2.75, 3.05) is 6.54 Å². The number of hydrogen-bond acceptors (Lipinski definition) is 2. The second-order valence-corrected chi connectivity index (χ2v) is 5.69. The van der Waals surface area contributed by atoms with E-state index < -0.39 is 0 Å². The molecular formula is C12H16BrNO2. The first kappa shape index (κ1) is 11.7. The summed E-state index contributed by atoms with van der Waals surface area (Å²) >= 11 is 3.60. The van der Waals surface area contributed by atoms with Crippen LogP contribution >= 0.6 is 15.9 Å². The van der Waals surface area contributed by atoms with Gasteiger partial charge in [-0.3, -0.25) is 4.79 Å². The van der Waals surface area contributed by atoms with Crippen LogP contribution in [0.15, 0.2) is 16.5 Å². The number of halogens is 1. The Bertz CT molecular complexity index is 375. The van der Waals surface area contributed by atoms with Crippen LogP contribution in [0, 0.1) is 12.8 Å². The molecule has 2 unspecified atom stereocenters. The molecule has 4 heteroatoms. The van der Waals surface area contributed by atoms with E-state index in [4.69, 9.17) is 4.42 Å². The van der Waals surface area contributed by atoms with Crippen LogP contribution in [-0.2, 0) is 0 Å². The first-order valence-corrected chi connectivity index (χ1v) is 6.55. The molecule has 1 saturated carbocycles. The van der Waals surface area contributed by atoms with E-state index in [2.05, 4.69) is 21.2 Å². The zero-order chi connectivity index (χ0) is 11.5. The van der Waals surface area contributed by atoms with Crippen LogP contribution in [0.5, 0.6) is 0 Å². The molecule has 0 aliphatic heterocycles. The third-order valence-corrected chi connectivity index (χ3v) is 3.82. The maximum atomic E-state index is 11.7. The van der Waals surface area contributed by atoms with Crippen molar-refractivity contribution < 1.29 is 9.21 Å². The van der Waals surface area contributed by atoms with Gasteiger partial charge in [0.1, 0.15) is 5.76 Å². The van der Waals surface area contributed by atoms with Crippen LogP contribution in [0.3, 0.4) is 0 Å². The molecule has 0 radical (unpaired) electrons. The molecule has 1 N–H and O–H groups in total. The summed E-state index contributed by atoms with van der Waals surface area (Å²) in [5, 5.41) is 2.92. The Balaban J connectivity index is 1.80. The molecule has 2 rings (SSSR count). The molecule has 1 heterocycles. The Morgan fingerprint density at radius 2 is 2.38 bits per heavy atom. The van der Waals surface area contributed by atoms with E-state index in [1.165, 1.54) is 12.8 Å². The summed E-state index contributed by atoms with van der Waals surface area (Å²) in [4.78, 5) is 12.3. The lowest BCUT2D eigenvalue weighted by atomic mass is 10.1. The number of furan rings is 1. The van der Waals surface area contributed by atoms with Crippen molar-refractivity contribution in [1.29, 1.82) is 0 Å².